The van der Waals surface area contributed by atoms with E-state index in [1.807, 2.05) is 6.20 Å². The molecule has 0 aromatic carbocycles. The van der Waals surface area contributed by atoms with Crippen molar-refractivity contribution in [1.82, 2.24) is 4.98 Å². The Balaban J connectivity index is 2.20. The van der Waals surface area contributed by atoms with Gasteiger partial charge in [0.2, 0.25) is 0 Å². The molecule has 0 radical (unpaired) electrons. The summed E-state index contributed by atoms with van der Waals surface area (Å²) < 4.78 is 0. The Kier molecular flexibility index (Phi) is 4.87. The largest absolute Gasteiger partial charge is 0.354 e. The molecule has 1 aliphatic carbocycles. The minimum Gasteiger partial charge on any atom is -0.354 e. The highest BCUT2D eigenvalue weighted by molar-refractivity contribution is 6.17. The summed E-state index contributed by atoms with van der Waals surface area (Å²) in [5.41, 5.74) is 2.36. The first-order valence-electron chi connectivity index (χ1n) is 7.04. The summed E-state index contributed by atoms with van der Waals surface area (Å²) in [6.07, 6.45) is 8.66. The third-order valence-electron chi connectivity index (χ3n) is 3.89. The standard InChI is InChI=1S/C15H23ClN2/c1-3-18(14-7-5-4-6-8-14)15-12(2)9-13(10-16)11-17-15/h9,11,14H,3-8,10H2,1-2H3. The zero-order chi connectivity index (χ0) is 13.0. The van der Waals surface area contributed by atoms with Crippen LogP contribution in [0.15, 0.2) is 12.3 Å². The van der Waals surface area contributed by atoms with E-state index in [1.54, 1.807) is 0 Å². The third kappa shape index (κ3) is 2.97. The van der Waals surface area contributed by atoms with Crippen molar-refractivity contribution >= 4 is 17.4 Å². The number of rotatable bonds is 4. The van der Waals surface area contributed by atoms with Gasteiger partial charge in [-0.1, -0.05) is 19.3 Å². The fraction of sp³-hybridized carbons (Fsp3) is 0.667. The number of halogens is 1. The van der Waals surface area contributed by atoms with Crippen LogP contribution in [0.25, 0.3) is 0 Å². The van der Waals surface area contributed by atoms with Crippen molar-refractivity contribution in [2.75, 3.05) is 11.4 Å². The van der Waals surface area contributed by atoms with Crippen LogP contribution >= 0.6 is 11.6 Å². The number of aryl methyl sites for hydroxylation is 1. The summed E-state index contributed by atoms with van der Waals surface area (Å²) in [6, 6.07) is 2.85. The maximum absolute atomic E-state index is 5.86. The first kappa shape index (κ1) is 13.7. The summed E-state index contributed by atoms with van der Waals surface area (Å²) in [5, 5.41) is 0. The fourth-order valence-electron chi connectivity index (χ4n) is 2.97. The van der Waals surface area contributed by atoms with Crippen LogP contribution < -0.4 is 4.90 Å². The molecular weight excluding hydrogens is 244 g/mol. The molecule has 1 aliphatic rings. The van der Waals surface area contributed by atoms with E-state index in [-0.39, 0.29) is 0 Å². The minimum atomic E-state index is 0.545. The van der Waals surface area contributed by atoms with Gasteiger partial charge in [-0.2, -0.15) is 0 Å². The minimum absolute atomic E-state index is 0.545. The molecule has 2 rings (SSSR count). The number of alkyl halides is 1. The van der Waals surface area contributed by atoms with Gasteiger partial charge in [0.1, 0.15) is 5.82 Å². The Hall–Kier alpha value is -0.760. The van der Waals surface area contributed by atoms with Crippen molar-refractivity contribution in [2.45, 2.75) is 57.9 Å². The van der Waals surface area contributed by atoms with Gasteiger partial charge >= 0.3 is 0 Å². The summed E-state index contributed by atoms with van der Waals surface area (Å²) in [4.78, 5) is 7.12. The molecule has 1 aromatic heterocycles. The number of anilines is 1. The van der Waals surface area contributed by atoms with Crippen molar-refractivity contribution in [3.05, 3.63) is 23.4 Å². The molecule has 100 valence electrons. The summed E-state index contributed by atoms with van der Waals surface area (Å²) in [6.45, 7) is 5.41. The van der Waals surface area contributed by atoms with Crippen molar-refractivity contribution in [2.24, 2.45) is 0 Å². The molecule has 1 fully saturated rings. The lowest BCUT2D eigenvalue weighted by Crippen LogP contribution is -2.37. The molecular formula is C15H23ClN2. The van der Waals surface area contributed by atoms with Crippen LogP contribution in [0.1, 0.15) is 50.2 Å². The van der Waals surface area contributed by atoms with Gasteiger partial charge in [-0.25, -0.2) is 4.98 Å². The first-order valence-corrected chi connectivity index (χ1v) is 7.57. The van der Waals surface area contributed by atoms with E-state index in [1.165, 1.54) is 37.7 Å². The predicted molar refractivity (Wildman–Crippen MR) is 78.4 cm³/mol. The van der Waals surface area contributed by atoms with E-state index in [2.05, 4.69) is 29.8 Å². The fourth-order valence-corrected chi connectivity index (χ4v) is 3.12. The topological polar surface area (TPSA) is 16.1 Å². The van der Waals surface area contributed by atoms with Crippen LogP contribution in [0, 0.1) is 6.92 Å². The van der Waals surface area contributed by atoms with Gasteiger partial charge in [-0.15, -0.1) is 11.6 Å². The lowest BCUT2D eigenvalue weighted by molar-refractivity contribution is 0.416. The molecule has 3 heteroatoms. The van der Waals surface area contributed by atoms with Gasteiger partial charge in [0.25, 0.3) is 0 Å². The van der Waals surface area contributed by atoms with Crippen LogP contribution in [0.5, 0.6) is 0 Å². The van der Waals surface area contributed by atoms with E-state index in [0.717, 1.165) is 17.9 Å². The highest BCUT2D eigenvalue weighted by Gasteiger charge is 2.22. The Morgan fingerprint density at radius 2 is 2.06 bits per heavy atom. The van der Waals surface area contributed by atoms with Crippen LogP contribution in [0.4, 0.5) is 5.82 Å². The Labute approximate surface area is 115 Å². The Morgan fingerprint density at radius 1 is 1.33 bits per heavy atom. The summed E-state index contributed by atoms with van der Waals surface area (Å²) in [5.74, 6) is 1.70. The first-order chi connectivity index (χ1) is 8.76. The van der Waals surface area contributed by atoms with Crippen molar-refractivity contribution in [1.29, 1.82) is 0 Å². The van der Waals surface area contributed by atoms with E-state index < -0.39 is 0 Å². The van der Waals surface area contributed by atoms with Crippen LogP contribution in [-0.2, 0) is 5.88 Å². The quantitative estimate of drug-likeness (QED) is 0.756. The molecule has 18 heavy (non-hydrogen) atoms. The average molecular weight is 267 g/mol. The van der Waals surface area contributed by atoms with Gasteiger partial charge in [-0.3, -0.25) is 0 Å². The molecule has 0 spiro atoms. The summed E-state index contributed by atoms with van der Waals surface area (Å²) >= 11 is 5.86. The lowest BCUT2D eigenvalue weighted by Gasteiger charge is -2.35. The van der Waals surface area contributed by atoms with Gasteiger partial charge in [0.15, 0.2) is 0 Å². The SMILES string of the molecule is CCN(c1ncc(CCl)cc1C)C1CCCCC1. The molecule has 0 unspecified atom stereocenters. The highest BCUT2D eigenvalue weighted by atomic mass is 35.5. The number of hydrogen-bond donors (Lipinski definition) is 0. The number of aromatic nitrogens is 1. The molecule has 1 heterocycles. The molecule has 0 bridgehead atoms. The smallest absolute Gasteiger partial charge is 0.131 e. The van der Waals surface area contributed by atoms with Crippen LogP contribution in [0.3, 0.4) is 0 Å². The molecule has 0 N–H and O–H groups in total. The van der Waals surface area contributed by atoms with Crippen molar-refractivity contribution < 1.29 is 0 Å². The molecule has 2 nitrogen and oxygen atoms in total. The average Bonchev–Trinajstić information content (AvgIpc) is 2.42. The van der Waals surface area contributed by atoms with Crippen molar-refractivity contribution in [3.63, 3.8) is 0 Å². The van der Waals surface area contributed by atoms with Gasteiger partial charge in [-0.05, 0) is 43.9 Å². The molecule has 1 saturated carbocycles. The van der Waals surface area contributed by atoms with Crippen molar-refractivity contribution in [3.8, 4) is 0 Å². The monoisotopic (exact) mass is 266 g/mol. The molecule has 0 aliphatic heterocycles. The second kappa shape index (κ2) is 6.42. The molecule has 0 amide bonds. The Morgan fingerprint density at radius 3 is 2.61 bits per heavy atom. The number of nitrogens with zero attached hydrogens (tertiary/aromatic N) is 2. The zero-order valence-electron chi connectivity index (χ0n) is 11.5. The second-order valence-electron chi connectivity index (χ2n) is 5.20. The lowest BCUT2D eigenvalue weighted by atomic mass is 9.94. The second-order valence-corrected chi connectivity index (χ2v) is 5.46. The van der Waals surface area contributed by atoms with E-state index in [9.17, 15) is 0 Å². The van der Waals surface area contributed by atoms with Gasteiger partial charge < -0.3 is 4.90 Å². The highest BCUT2D eigenvalue weighted by Crippen LogP contribution is 2.28. The Bertz CT molecular complexity index is 386. The van der Waals surface area contributed by atoms with Gasteiger partial charge in [0, 0.05) is 24.7 Å². The van der Waals surface area contributed by atoms with Crippen LogP contribution in [-0.4, -0.2) is 17.6 Å². The maximum atomic E-state index is 5.86. The predicted octanol–water partition coefficient (Wildman–Crippen LogP) is 4.29. The third-order valence-corrected chi connectivity index (χ3v) is 4.20. The van der Waals surface area contributed by atoms with Crippen LogP contribution in [0.2, 0.25) is 0 Å². The number of hydrogen-bond acceptors (Lipinski definition) is 2. The van der Waals surface area contributed by atoms with E-state index in [4.69, 9.17) is 11.6 Å². The van der Waals surface area contributed by atoms with E-state index in [0.29, 0.717) is 11.9 Å². The maximum Gasteiger partial charge on any atom is 0.131 e. The normalized spacial score (nSPS) is 16.8. The van der Waals surface area contributed by atoms with Gasteiger partial charge in [0.05, 0.1) is 0 Å². The van der Waals surface area contributed by atoms with E-state index >= 15 is 0 Å². The molecule has 0 atom stereocenters. The molecule has 0 saturated heterocycles. The summed E-state index contributed by atoms with van der Waals surface area (Å²) in [7, 11) is 0. The number of pyridine rings is 1. The molecule has 1 aromatic rings. The zero-order valence-corrected chi connectivity index (χ0v) is 12.2.